The van der Waals surface area contributed by atoms with Gasteiger partial charge in [0, 0.05) is 28.7 Å². The van der Waals surface area contributed by atoms with Crippen LogP contribution in [0.2, 0.25) is 0 Å². The van der Waals surface area contributed by atoms with Crippen molar-refractivity contribution in [1.82, 2.24) is 5.32 Å². The van der Waals surface area contributed by atoms with Gasteiger partial charge in [-0.05, 0) is 18.2 Å². The minimum atomic E-state index is -0.0194. The Bertz CT molecular complexity index is 353. The Morgan fingerprint density at radius 1 is 1.44 bits per heavy atom. The molecule has 0 unspecified atom stereocenters. The van der Waals surface area contributed by atoms with E-state index in [2.05, 4.69) is 41.2 Å². The number of nitrogens with two attached hydrogens (primary N) is 1. The first kappa shape index (κ1) is 13.5. The lowest BCUT2D eigenvalue weighted by Crippen LogP contribution is -2.36. The third-order valence-electron chi connectivity index (χ3n) is 2.60. The molecule has 0 heterocycles. The van der Waals surface area contributed by atoms with Crippen molar-refractivity contribution in [2.75, 3.05) is 20.3 Å². The number of hydrogen-bond acceptors (Lipinski definition) is 3. The van der Waals surface area contributed by atoms with Crippen LogP contribution in [0.5, 0.6) is 5.75 Å². The lowest BCUT2D eigenvalue weighted by Gasteiger charge is -2.27. The molecule has 0 radical (unpaired) electrons. The summed E-state index contributed by atoms with van der Waals surface area (Å²) in [6.45, 7) is 5.63. The summed E-state index contributed by atoms with van der Waals surface area (Å²) in [5.74, 6) is 0.909. The monoisotopic (exact) mass is 286 g/mol. The van der Waals surface area contributed by atoms with E-state index >= 15 is 0 Å². The van der Waals surface area contributed by atoms with Crippen molar-refractivity contribution >= 4 is 15.9 Å². The van der Waals surface area contributed by atoms with Gasteiger partial charge < -0.3 is 15.8 Å². The molecule has 0 bridgehead atoms. The van der Waals surface area contributed by atoms with Crippen LogP contribution in [0.1, 0.15) is 19.4 Å². The molecule has 1 aromatic rings. The maximum atomic E-state index is 5.46. The highest BCUT2D eigenvalue weighted by Gasteiger charge is 2.24. The molecule has 3 N–H and O–H groups in total. The molecule has 0 amide bonds. The first-order valence-electron chi connectivity index (χ1n) is 5.26. The Morgan fingerprint density at radius 2 is 2.12 bits per heavy atom. The van der Waals surface area contributed by atoms with Crippen LogP contribution in [-0.4, -0.2) is 20.3 Å². The van der Waals surface area contributed by atoms with Crippen molar-refractivity contribution in [2.24, 2.45) is 5.73 Å². The SMILES string of the molecule is COc1ccc(Br)cc1C(C)(C)CNCN. The van der Waals surface area contributed by atoms with Crippen LogP contribution < -0.4 is 15.8 Å². The van der Waals surface area contributed by atoms with Crippen molar-refractivity contribution in [1.29, 1.82) is 0 Å². The highest BCUT2D eigenvalue weighted by atomic mass is 79.9. The molecular weight excluding hydrogens is 268 g/mol. The summed E-state index contributed by atoms with van der Waals surface area (Å²) in [4.78, 5) is 0. The average Bonchev–Trinajstić information content (AvgIpc) is 2.26. The molecule has 0 saturated heterocycles. The smallest absolute Gasteiger partial charge is 0.122 e. The Hall–Kier alpha value is -0.580. The van der Waals surface area contributed by atoms with E-state index < -0.39 is 0 Å². The zero-order valence-electron chi connectivity index (χ0n) is 10.0. The molecule has 0 fully saturated rings. The summed E-state index contributed by atoms with van der Waals surface area (Å²) in [6, 6.07) is 6.05. The molecule has 0 aliphatic heterocycles. The normalized spacial score (nSPS) is 11.6. The first-order chi connectivity index (χ1) is 7.51. The van der Waals surface area contributed by atoms with Crippen molar-refractivity contribution in [3.05, 3.63) is 28.2 Å². The van der Waals surface area contributed by atoms with Crippen molar-refractivity contribution < 1.29 is 4.74 Å². The molecule has 3 nitrogen and oxygen atoms in total. The maximum absolute atomic E-state index is 5.46. The zero-order chi connectivity index (χ0) is 12.2. The van der Waals surface area contributed by atoms with Crippen LogP contribution in [0.4, 0.5) is 0 Å². The number of nitrogens with one attached hydrogen (secondary N) is 1. The van der Waals surface area contributed by atoms with Crippen LogP contribution in [0.3, 0.4) is 0 Å². The van der Waals surface area contributed by atoms with E-state index in [9.17, 15) is 0 Å². The molecule has 0 atom stereocenters. The molecular formula is C12H19BrN2O. The number of hydrogen-bond donors (Lipinski definition) is 2. The van der Waals surface area contributed by atoms with Gasteiger partial charge in [0.2, 0.25) is 0 Å². The van der Waals surface area contributed by atoms with E-state index in [1.165, 1.54) is 5.56 Å². The Morgan fingerprint density at radius 3 is 2.69 bits per heavy atom. The van der Waals surface area contributed by atoms with Gasteiger partial charge in [-0.2, -0.15) is 0 Å². The summed E-state index contributed by atoms with van der Waals surface area (Å²) in [7, 11) is 1.69. The van der Waals surface area contributed by atoms with Gasteiger partial charge in [-0.1, -0.05) is 29.8 Å². The number of rotatable bonds is 5. The third kappa shape index (κ3) is 3.20. The Balaban J connectivity index is 3.04. The molecule has 0 aromatic heterocycles. The van der Waals surface area contributed by atoms with Gasteiger partial charge in [0.25, 0.3) is 0 Å². The van der Waals surface area contributed by atoms with E-state index in [0.717, 1.165) is 16.8 Å². The lowest BCUT2D eigenvalue weighted by molar-refractivity contribution is 0.386. The lowest BCUT2D eigenvalue weighted by atomic mass is 9.84. The van der Waals surface area contributed by atoms with Gasteiger partial charge in [-0.3, -0.25) is 0 Å². The molecule has 16 heavy (non-hydrogen) atoms. The fraction of sp³-hybridized carbons (Fsp3) is 0.500. The van der Waals surface area contributed by atoms with Crippen LogP contribution in [-0.2, 0) is 5.41 Å². The minimum Gasteiger partial charge on any atom is -0.496 e. The van der Waals surface area contributed by atoms with E-state index in [-0.39, 0.29) is 5.41 Å². The van der Waals surface area contributed by atoms with Crippen molar-refractivity contribution in [2.45, 2.75) is 19.3 Å². The van der Waals surface area contributed by atoms with E-state index in [4.69, 9.17) is 10.5 Å². The number of halogens is 1. The van der Waals surface area contributed by atoms with Crippen LogP contribution >= 0.6 is 15.9 Å². The van der Waals surface area contributed by atoms with Gasteiger partial charge in [-0.15, -0.1) is 0 Å². The summed E-state index contributed by atoms with van der Waals surface area (Å²) in [6.07, 6.45) is 0. The van der Waals surface area contributed by atoms with Crippen molar-refractivity contribution in [3.8, 4) is 5.75 Å². The fourth-order valence-electron chi connectivity index (χ4n) is 1.69. The largest absolute Gasteiger partial charge is 0.496 e. The maximum Gasteiger partial charge on any atom is 0.122 e. The van der Waals surface area contributed by atoms with Gasteiger partial charge in [0.05, 0.1) is 7.11 Å². The summed E-state index contributed by atoms with van der Waals surface area (Å²) < 4.78 is 6.45. The standard InChI is InChI=1S/C12H19BrN2O/c1-12(2,7-15-8-14)10-6-9(13)4-5-11(10)16-3/h4-6,15H,7-8,14H2,1-3H3. The van der Waals surface area contributed by atoms with E-state index in [1.807, 2.05) is 12.1 Å². The molecule has 1 aromatic carbocycles. The van der Waals surface area contributed by atoms with Crippen molar-refractivity contribution in [3.63, 3.8) is 0 Å². The average molecular weight is 287 g/mol. The van der Waals surface area contributed by atoms with Crippen LogP contribution in [0.25, 0.3) is 0 Å². The molecule has 90 valence electrons. The Kier molecular flexibility index (Phi) is 4.77. The first-order valence-corrected chi connectivity index (χ1v) is 6.05. The topological polar surface area (TPSA) is 47.3 Å². The molecule has 0 saturated carbocycles. The highest BCUT2D eigenvalue weighted by Crippen LogP contribution is 2.33. The van der Waals surface area contributed by atoms with E-state index in [1.54, 1.807) is 7.11 Å². The number of benzene rings is 1. The number of ether oxygens (including phenoxy) is 1. The van der Waals surface area contributed by atoms with Crippen LogP contribution in [0, 0.1) is 0 Å². The Labute approximate surface area is 105 Å². The summed E-state index contributed by atoms with van der Waals surface area (Å²) in [5.41, 5.74) is 6.61. The van der Waals surface area contributed by atoms with Gasteiger partial charge in [0.1, 0.15) is 5.75 Å². The highest BCUT2D eigenvalue weighted by molar-refractivity contribution is 9.10. The van der Waals surface area contributed by atoms with E-state index in [0.29, 0.717) is 6.67 Å². The second-order valence-electron chi connectivity index (χ2n) is 4.36. The second kappa shape index (κ2) is 5.66. The predicted octanol–water partition coefficient (Wildman–Crippen LogP) is 2.24. The molecule has 0 aliphatic carbocycles. The van der Waals surface area contributed by atoms with Gasteiger partial charge in [0.15, 0.2) is 0 Å². The minimum absolute atomic E-state index is 0.0194. The second-order valence-corrected chi connectivity index (χ2v) is 5.28. The summed E-state index contributed by atoms with van der Waals surface area (Å²) in [5, 5.41) is 3.16. The fourth-order valence-corrected chi connectivity index (χ4v) is 2.05. The molecule has 0 spiro atoms. The molecule has 0 aliphatic rings. The zero-order valence-corrected chi connectivity index (χ0v) is 11.6. The third-order valence-corrected chi connectivity index (χ3v) is 3.10. The summed E-state index contributed by atoms with van der Waals surface area (Å²) >= 11 is 3.49. The van der Waals surface area contributed by atoms with Crippen LogP contribution in [0.15, 0.2) is 22.7 Å². The number of methoxy groups -OCH3 is 1. The molecule has 4 heteroatoms. The van der Waals surface area contributed by atoms with Gasteiger partial charge >= 0.3 is 0 Å². The predicted molar refractivity (Wildman–Crippen MR) is 70.8 cm³/mol. The van der Waals surface area contributed by atoms with Gasteiger partial charge in [-0.25, -0.2) is 0 Å². The quantitative estimate of drug-likeness (QED) is 0.816. The molecule has 1 rings (SSSR count).